The van der Waals surface area contributed by atoms with Crippen LogP contribution in [0.5, 0.6) is 5.75 Å². The van der Waals surface area contributed by atoms with E-state index in [0.717, 1.165) is 67.1 Å². The lowest BCUT2D eigenvalue weighted by Crippen LogP contribution is -2.51. The molecule has 0 radical (unpaired) electrons. The van der Waals surface area contributed by atoms with Crippen molar-refractivity contribution in [3.05, 3.63) is 94.4 Å². The number of hydrogen-bond acceptors (Lipinski definition) is 6. The second-order valence-corrected chi connectivity index (χ2v) is 17.3. The van der Waals surface area contributed by atoms with Gasteiger partial charge in [-0.15, -0.1) is 6.58 Å². The Morgan fingerprint density at radius 2 is 1.91 bits per heavy atom. The van der Waals surface area contributed by atoms with Gasteiger partial charge >= 0.3 is 0 Å². The molecule has 4 aliphatic rings. The van der Waals surface area contributed by atoms with E-state index < -0.39 is 29.9 Å². The Balaban J connectivity index is 1.60. The van der Waals surface area contributed by atoms with E-state index in [1.807, 2.05) is 0 Å². The average Bonchev–Trinajstić information content (AvgIpc) is 2.94. The summed E-state index contributed by atoms with van der Waals surface area (Å²) < 4.78 is 39.8. The summed E-state index contributed by atoms with van der Waals surface area (Å²) in [6.45, 7) is 10.9. The zero-order valence-electron chi connectivity index (χ0n) is 25.0. The number of amides is 1. The molecule has 3 heterocycles. The fourth-order valence-corrected chi connectivity index (χ4v) is 9.97. The Morgan fingerprint density at radius 1 is 1.14 bits per heavy atom. The third kappa shape index (κ3) is 5.29. The number of hydrogen-bond donors (Lipinski definition) is 1. The van der Waals surface area contributed by atoms with Crippen molar-refractivity contribution in [1.82, 2.24) is 4.90 Å². The van der Waals surface area contributed by atoms with Crippen molar-refractivity contribution < 1.29 is 31.9 Å². The Labute approximate surface area is 258 Å². The van der Waals surface area contributed by atoms with Crippen LogP contribution in [-0.2, 0) is 14.9 Å². The van der Waals surface area contributed by atoms with E-state index in [1.165, 1.54) is 22.3 Å². The molecule has 2 aromatic carbocycles. The van der Waals surface area contributed by atoms with Crippen LogP contribution in [0.15, 0.2) is 77.7 Å². The van der Waals surface area contributed by atoms with Gasteiger partial charge in [0.2, 0.25) is 0 Å². The standard InChI is InChI=1S/C33H35N3O6SSi/c1-4-44(3)30-19-23(35-13-5-14-35)7-10-27(30)32(28-11-8-24(20-31(28)44)36-15-6-16-36)29-21-25(42-22-37)9-12-26(29)33(38)34(2)17-18-43(39,40)41/h4,7-12,19-22H,1,5-6,13-18H2,2-3H3/p+1. The molecule has 1 atom stereocenters. The minimum atomic E-state index is -4.26. The summed E-state index contributed by atoms with van der Waals surface area (Å²) in [7, 11) is -5.24. The van der Waals surface area contributed by atoms with Crippen molar-refractivity contribution in [2.75, 3.05) is 50.4 Å². The summed E-state index contributed by atoms with van der Waals surface area (Å²) in [6, 6.07) is 11.4. The second-order valence-electron chi connectivity index (χ2n) is 11.9. The monoisotopic (exact) mass is 630 g/mol. The first-order chi connectivity index (χ1) is 21.0. The van der Waals surface area contributed by atoms with Gasteiger partial charge in [-0.05, 0) is 75.5 Å². The van der Waals surface area contributed by atoms with Gasteiger partial charge in [0.25, 0.3) is 22.5 Å². The summed E-state index contributed by atoms with van der Waals surface area (Å²) in [4.78, 5) is 28.9. The highest BCUT2D eigenvalue weighted by Gasteiger charge is 2.43. The van der Waals surface area contributed by atoms with Gasteiger partial charge in [0, 0.05) is 50.1 Å². The van der Waals surface area contributed by atoms with Crippen molar-refractivity contribution in [1.29, 1.82) is 0 Å². The Bertz CT molecular complexity index is 1820. The van der Waals surface area contributed by atoms with E-state index in [4.69, 9.17) is 4.74 Å². The van der Waals surface area contributed by atoms with Crippen molar-refractivity contribution in [2.24, 2.45) is 0 Å². The van der Waals surface area contributed by atoms with Crippen LogP contribution in [0.1, 0.15) is 34.3 Å². The van der Waals surface area contributed by atoms with Crippen molar-refractivity contribution in [3.63, 3.8) is 0 Å². The summed E-state index contributed by atoms with van der Waals surface area (Å²) in [5, 5.41) is 2.39. The maximum absolute atomic E-state index is 13.9. The van der Waals surface area contributed by atoms with E-state index >= 15 is 0 Å². The molecule has 2 fully saturated rings. The highest BCUT2D eigenvalue weighted by Crippen LogP contribution is 2.44. The maximum atomic E-state index is 13.9. The molecule has 1 N–H and O–H groups in total. The zero-order chi connectivity index (χ0) is 31.2. The van der Waals surface area contributed by atoms with Crippen molar-refractivity contribution in [3.8, 4) is 5.75 Å². The normalized spacial score (nSPS) is 20.6. The average molecular weight is 631 g/mol. The van der Waals surface area contributed by atoms with E-state index in [-0.39, 0.29) is 12.3 Å². The SMILES string of the molecule is C=C[Si]1(C)C2=CC(=[N+]3CCC3)C=CC2=C(c2cc(OC=O)ccc2C(=O)N(C)CCS(=O)(=O)O)c2ccc(N3CCC3)cc21. The van der Waals surface area contributed by atoms with Gasteiger partial charge in [0.1, 0.15) is 26.9 Å². The van der Waals surface area contributed by atoms with Crippen molar-refractivity contribution in [2.45, 2.75) is 19.4 Å². The van der Waals surface area contributed by atoms with Crippen LogP contribution < -0.4 is 14.8 Å². The second kappa shape index (κ2) is 11.5. The lowest BCUT2D eigenvalue weighted by atomic mass is 9.86. The smallest absolute Gasteiger partial charge is 0.298 e. The van der Waals surface area contributed by atoms with Gasteiger partial charge in [-0.2, -0.15) is 8.42 Å². The molecule has 2 aromatic rings. The lowest BCUT2D eigenvalue weighted by Gasteiger charge is -2.40. The van der Waals surface area contributed by atoms with Gasteiger partial charge in [0.15, 0.2) is 5.71 Å². The van der Waals surface area contributed by atoms with Crippen LogP contribution in [0.25, 0.3) is 5.57 Å². The number of rotatable bonds is 9. The van der Waals surface area contributed by atoms with Gasteiger partial charge in [-0.1, -0.05) is 18.3 Å². The molecule has 1 aliphatic carbocycles. The van der Waals surface area contributed by atoms with E-state index in [0.29, 0.717) is 17.6 Å². The molecule has 11 heteroatoms. The summed E-state index contributed by atoms with van der Waals surface area (Å²) in [5.41, 5.74) is 8.18. The van der Waals surface area contributed by atoms with Crippen LogP contribution in [0.3, 0.4) is 0 Å². The lowest BCUT2D eigenvalue weighted by molar-refractivity contribution is -0.582. The molecule has 0 spiro atoms. The molecule has 0 saturated carbocycles. The van der Waals surface area contributed by atoms with Crippen LogP contribution in [-0.4, -0.2) is 94.1 Å². The van der Waals surface area contributed by atoms with Gasteiger partial charge < -0.3 is 14.5 Å². The Kier molecular flexibility index (Phi) is 7.81. The number of carbonyl (C=O) groups excluding carboxylic acids is 2. The first kappa shape index (κ1) is 30.0. The predicted octanol–water partition coefficient (Wildman–Crippen LogP) is 3.11. The quantitative estimate of drug-likeness (QED) is 0.196. The predicted molar refractivity (Wildman–Crippen MR) is 174 cm³/mol. The minimum Gasteiger partial charge on any atom is -0.429 e. The maximum Gasteiger partial charge on any atom is 0.298 e. The van der Waals surface area contributed by atoms with Gasteiger partial charge in [-0.3, -0.25) is 14.1 Å². The Hall–Kier alpha value is -4.06. The molecule has 0 aromatic heterocycles. The van der Waals surface area contributed by atoms with E-state index in [2.05, 4.69) is 64.7 Å². The van der Waals surface area contributed by atoms with Crippen LogP contribution in [0, 0.1) is 0 Å². The number of ether oxygens (including phenoxy) is 1. The number of carbonyl (C=O) groups is 2. The Morgan fingerprint density at radius 3 is 2.52 bits per heavy atom. The van der Waals surface area contributed by atoms with Crippen LogP contribution >= 0.6 is 0 Å². The summed E-state index contributed by atoms with van der Waals surface area (Å²) in [6.07, 6.45) is 8.86. The summed E-state index contributed by atoms with van der Waals surface area (Å²) >= 11 is 0. The zero-order valence-corrected chi connectivity index (χ0v) is 26.8. The number of nitrogens with zero attached hydrogens (tertiary/aromatic N) is 3. The van der Waals surface area contributed by atoms with E-state index in [9.17, 15) is 22.6 Å². The first-order valence-corrected chi connectivity index (χ1v) is 19.0. The fraction of sp³-hybridized carbons (Fsp3) is 0.303. The van der Waals surface area contributed by atoms with E-state index in [1.54, 1.807) is 18.2 Å². The summed E-state index contributed by atoms with van der Waals surface area (Å²) in [5.74, 6) is -0.715. The molecule has 2 saturated heterocycles. The molecule has 1 amide bonds. The van der Waals surface area contributed by atoms with Crippen LogP contribution in [0.4, 0.5) is 5.69 Å². The molecule has 0 bridgehead atoms. The molecule has 6 rings (SSSR count). The van der Waals surface area contributed by atoms with Crippen LogP contribution in [0.2, 0.25) is 6.55 Å². The highest BCUT2D eigenvalue weighted by molar-refractivity contribution is 7.85. The first-order valence-electron chi connectivity index (χ1n) is 14.8. The molecular formula is C33H36N3O6SSi+. The molecule has 228 valence electrons. The topological polar surface area (TPSA) is 107 Å². The molecule has 44 heavy (non-hydrogen) atoms. The van der Waals surface area contributed by atoms with Gasteiger partial charge in [0.05, 0.1) is 12.2 Å². The number of fused-ring (bicyclic) bond motifs is 2. The molecule has 3 aliphatic heterocycles. The minimum absolute atomic E-state index is 0.188. The molecule has 1 unspecified atom stereocenters. The van der Waals surface area contributed by atoms with Crippen molar-refractivity contribution >= 4 is 52.7 Å². The third-order valence-electron chi connectivity index (χ3n) is 9.22. The molecular weight excluding hydrogens is 595 g/mol. The largest absolute Gasteiger partial charge is 0.429 e. The van der Waals surface area contributed by atoms with Gasteiger partial charge in [-0.25, -0.2) is 4.58 Å². The highest BCUT2D eigenvalue weighted by atomic mass is 32.2. The number of allylic oxidation sites excluding steroid dienone is 5. The third-order valence-corrected chi connectivity index (χ3v) is 13.8. The molecule has 9 nitrogen and oxygen atoms in total. The fourth-order valence-electron chi connectivity index (χ4n) is 6.31. The number of anilines is 1. The number of benzene rings is 2.